The lowest BCUT2D eigenvalue weighted by Gasteiger charge is -2.33. The van der Waals surface area contributed by atoms with Gasteiger partial charge in [0, 0.05) is 17.5 Å². The number of hydrogen-bond donors (Lipinski definition) is 2. The van der Waals surface area contributed by atoms with Crippen molar-refractivity contribution in [1.29, 1.82) is 0 Å². The fraction of sp³-hybridized carbons (Fsp3) is 0.421. The van der Waals surface area contributed by atoms with Crippen molar-refractivity contribution in [2.24, 2.45) is 5.41 Å². The van der Waals surface area contributed by atoms with Crippen molar-refractivity contribution in [1.82, 2.24) is 10.3 Å². The molecule has 1 amide bonds. The van der Waals surface area contributed by atoms with E-state index < -0.39 is 11.4 Å². The van der Waals surface area contributed by atoms with Gasteiger partial charge in [0.1, 0.15) is 5.01 Å². The Bertz CT molecular complexity index is 800. The van der Waals surface area contributed by atoms with Crippen molar-refractivity contribution < 1.29 is 14.7 Å². The average molecular weight is 393 g/mol. The van der Waals surface area contributed by atoms with Crippen LogP contribution in [0.3, 0.4) is 0 Å². The largest absolute Gasteiger partial charge is 0.481 e. The molecule has 0 spiro atoms. The number of hydrogen-bond acceptors (Lipinski definition) is 4. The van der Waals surface area contributed by atoms with Gasteiger partial charge in [0.05, 0.1) is 22.6 Å². The minimum atomic E-state index is -0.821. The van der Waals surface area contributed by atoms with Crippen LogP contribution in [0.25, 0.3) is 10.6 Å². The Balaban J connectivity index is 1.60. The van der Waals surface area contributed by atoms with Gasteiger partial charge in [-0.05, 0) is 18.9 Å². The van der Waals surface area contributed by atoms with Crippen molar-refractivity contribution in [3.63, 3.8) is 0 Å². The second kappa shape index (κ2) is 8.18. The Morgan fingerprint density at radius 3 is 2.65 bits per heavy atom. The summed E-state index contributed by atoms with van der Waals surface area (Å²) in [6, 6.07) is 7.45. The van der Waals surface area contributed by atoms with E-state index >= 15 is 0 Å². The minimum Gasteiger partial charge on any atom is -0.481 e. The Hall–Kier alpha value is -1.92. The molecular weight excluding hydrogens is 372 g/mol. The third kappa shape index (κ3) is 4.24. The lowest BCUT2D eigenvalue weighted by molar-refractivity contribution is -0.151. The van der Waals surface area contributed by atoms with E-state index in [0.717, 1.165) is 29.8 Å². The molecular formula is C19H21ClN2O3S. The first-order valence-corrected chi connectivity index (χ1v) is 9.95. The van der Waals surface area contributed by atoms with Gasteiger partial charge in [0.2, 0.25) is 5.91 Å². The molecule has 0 aliphatic heterocycles. The maximum Gasteiger partial charge on any atom is 0.311 e. The molecule has 1 aliphatic carbocycles. The number of amides is 1. The Morgan fingerprint density at radius 2 is 1.96 bits per heavy atom. The number of rotatable bonds is 6. The van der Waals surface area contributed by atoms with Crippen molar-refractivity contribution in [3.8, 4) is 10.6 Å². The third-order valence-electron chi connectivity index (χ3n) is 4.89. The summed E-state index contributed by atoms with van der Waals surface area (Å²) >= 11 is 7.63. The zero-order chi connectivity index (χ0) is 18.6. The van der Waals surface area contributed by atoms with E-state index in [0.29, 0.717) is 23.6 Å². The SMILES string of the molecule is O=C(Cc1csc(-c2ccccc2Cl)n1)NCC1(C(=O)O)CCCCC1. The minimum absolute atomic E-state index is 0.136. The molecule has 0 unspecified atom stereocenters. The van der Waals surface area contributed by atoms with Gasteiger partial charge in [-0.1, -0.05) is 49.1 Å². The zero-order valence-electron chi connectivity index (χ0n) is 14.3. The van der Waals surface area contributed by atoms with Gasteiger partial charge < -0.3 is 10.4 Å². The lowest BCUT2D eigenvalue weighted by Crippen LogP contribution is -2.44. The van der Waals surface area contributed by atoms with Crippen LogP contribution in [-0.2, 0) is 16.0 Å². The lowest BCUT2D eigenvalue weighted by atomic mass is 9.74. The average Bonchev–Trinajstić information content (AvgIpc) is 3.09. The van der Waals surface area contributed by atoms with Crippen LogP contribution < -0.4 is 5.32 Å². The van der Waals surface area contributed by atoms with Crippen LogP contribution >= 0.6 is 22.9 Å². The summed E-state index contributed by atoms with van der Waals surface area (Å²) in [4.78, 5) is 28.4. The molecule has 1 aromatic heterocycles. The van der Waals surface area contributed by atoms with Crippen LogP contribution in [-0.4, -0.2) is 28.5 Å². The van der Waals surface area contributed by atoms with Crippen LogP contribution in [0.15, 0.2) is 29.6 Å². The first kappa shape index (κ1) is 18.9. The second-order valence-electron chi connectivity index (χ2n) is 6.72. The number of carboxylic acid groups (broad SMARTS) is 1. The predicted octanol–water partition coefficient (Wildman–Crippen LogP) is 4.16. The molecule has 2 aromatic rings. The van der Waals surface area contributed by atoms with Gasteiger partial charge in [-0.3, -0.25) is 9.59 Å². The summed E-state index contributed by atoms with van der Waals surface area (Å²) in [7, 11) is 0. The highest BCUT2D eigenvalue weighted by Crippen LogP contribution is 2.36. The Morgan fingerprint density at radius 1 is 1.23 bits per heavy atom. The van der Waals surface area contributed by atoms with Crippen molar-refractivity contribution >= 4 is 34.8 Å². The molecule has 0 atom stereocenters. The molecule has 1 fully saturated rings. The molecule has 2 N–H and O–H groups in total. The van der Waals surface area contributed by atoms with Gasteiger partial charge in [-0.2, -0.15) is 0 Å². The molecule has 1 aliphatic rings. The molecule has 1 heterocycles. The van der Waals surface area contributed by atoms with Crippen LogP contribution in [0, 0.1) is 5.41 Å². The highest BCUT2D eigenvalue weighted by Gasteiger charge is 2.39. The topological polar surface area (TPSA) is 79.3 Å². The van der Waals surface area contributed by atoms with Crippen LogP contribution in [0.4, 0.5) is 0 Å². The smallest absolute Gasteiger partial charge is 0.311 e. The summed E-state index contributed by atoms with van der Waals surface area (Å²) < 4.78 is 0. The number of carbonyl (C=O) groups is 2. The summed E-state index contributed by atoms with van der Waals surface area (Å²) in [6.45, 7) is 0.183. The van der Waals surface area contributed by atoms with Crippen LogP contribution in [0.5, 0.6) is 0 Å². The number of benzene rings is 1. The van der Waals surface area contributed by atoms with E-state index in [-0.39, 0.29) is 18.9 Å². The Kier molecular flexibility index (Phi) is 5.94. The second-order valence-corrected chi connectivity index (χ2v) is 7.99. The Labute approximate surface area is 161 Å². The number of nitrogens with zero attached hydrogens (tertiary/aromatic N) is 1. The number of carboxylic acids is 1. The van der Waals surface area contributed by atoms with Crippen molar-refractivity contribution in [2.75, 3.05) is 6.54 Å². The van der Waals surface area contributed by atoms with Gasteiger partial charge >= 0.3 is 5.97 Å². The molecule has 26 heavy (non-hydrogen) atoms. The highest BCUT2D eigenvalue weighted by atomic mass is 35.5. The molecule has 5 nitrogen and oxygen atoms in total. The van der Waals surface area contributed by atoms with Crippen molar-refractivity contribution in [3.05, 3.63) is 40.4 Å². The number of nitrogens with one attached hydrogen (secondary N) is 1. The fourth-order valence-corrected chi connectivity index (χ4v) is 4.48. The number of aromatic nitrogens is 1. The van der Waals surface area contributed by atoms with E-state index in [1.807, 2.05) is 23.6 Å². The molecule has 1 saturated carbocycles. The van der Waals surface area contributed by atoms with Crippen molar-refractivity contribution in [2.45, 2.75) is 38.5 Å². The molecule has 7 heteroatoms. The number of aliphatic carboxylic acids is 1. The molecule has 0 saturated heterocycles. The monoisotopic (exact) mass is 392 g/mol. The summed E-state index contributed by atoms with van der Waals surface area (Å²) in [6.07, 6.45) is 4.24. The number of thiazole rings is 1. The number of carbonyl (C=O) groups excluding carboxylic acids is 1. The highest BCUT2D eigenvalue weighted by molar-refractivity contribution is 7.13. The molecule has 138 valence electrons. The van der Waals surface area contributed by atoms with Gasteiger partial charge in [-0.15, -0.1) is 11.3 Å². The molecule has 0 radical (unpaired) electrons. The number of halogens is 1. The normalized spacial score (nSPS) is 16.2. The maximum atomic E-state index is 12.3. The molecule has 3 rings (SSSR count). The zero-order valence-corrected chi connectivity index (χ0v) is 15.9. The van der Waals surface area contributed by atoms with E-state index in [9.17, 15) is 14.7 Å². The fourth-order valence-electron chi connectivity index (χ4n) is 3.34. The van der Waals surface area contributed by atoms with E-state index in [1.54, 1.807) is 6.07 Å². The first-order valence-electron chi connectivity index (χ1n) is 8.70. The summed E-state index contributed by atoms with van der Waals surface area (Å²) in [5.41, 5.74) is 0.687. The summed E-state index contributed by atoms with van der Waals surface area (Å²) in [5.74, 6) is -1.01. The maximum absolute atomic E-state index is 12.3. The van der Waals surface area contributed by atoms with Gasteiger partial charge in [0.25, 0.3) is 0 Å². The van der Waals surface area contributed by atoms with Gasteiger partial charge in [-0.25, -0.2) is 4.98 Å². The van der Waals surface area contributed by atoms with Crippen LogP contribution in [0.2, 0.25) is 5.02 Å². The predicted molar refractivity (Wildman–Crippen MR) is 102 cm³/mol. The third-order valence-corrected chi connectivity index (χ3v) is 6.14. The molecule has 0 bridgehead atoms. The van der Waals surface area contributed by atoms with E-state index in [1.165, 1.54) is 11.3 Å². The summed E-state index contributed by atoms with van der Waals surface area (Å²) in [5, 5.41) is 15.6. The molecule has 1 aromatic carbocycles. The van der Waals surface area contributed by atoms with E-state index in [2.05, 4.69) is 10.3 Å². The quantitative estimate of drug-likeness (QED) is 0.773. The standard InChI is InChI=1S/C19H21ClN2O3S/c20-15-7-3-2-6-14(15)17-22-13(11-26-17)10-16(23)21-12-19(18(24)25)8-4-1-5-9-19/h2-3,6-7,11H,1,4-5,8-10,12H2,(H,21,23)(H,24,25). The van der Waals surface area contributed by atoms with E-state index in [4.69, 9.17) is 11.6 Å². The van der Waals surface area contributed by atoms with Crippen LogP contribution in [0.1, 0.15) is 37.8 Å². The van der Waals surface area contributed by atoms with Gasteiger partial charge in [0.15, 0.2) is 0 Å². The first-order chi connectivity index (χ1) is 12.5.